The Morgan fingerprint density at radius 1 is 1.62 bits per heavy atom. The third-order valence-corrected chi connectivity index (χ3v) is 2.38. The fraction of sp³-hybridized carbons (Fsp3) is 0.364. The molecule has 0 aliphatic rings. The van der Waals surface area contributed by atoms with Crippen LogP contribution in [0.15, 0.2) is 12.1 Å². The highest BCUT2D eigenvalue weighted by Crippen LogP contribution is 2.22. The van der Waals surface area contributed by atoms with Crippen molar-refractivity contribution in [1.29, 1.82) is 0 Å². The van der Waals surface area contributed by atoms with E-state index >= 15 is 0 Å². The van der Waals surface area contributed by atoms with Gasteiger partial charge < -0.3 is 14.6 Å². The van der Waals surface area contributed by atoms with Gasteiger partial charge in [-0.15, -0.1) is 0 Å². The van der Waals surface area contributed by atoms with Crippen molar-refractivity contribution in [2.45, 2.75) is 26.2 Å². The van der Waals surface area contributed by atoms with Crippen LogP contribution in [0.4, 0.5) is 0 Å². The predicted octanol–water partition coefficient (Wildman–Crippen LogP) is 0.494. The van der Waals surface area contributed by atoms with Crippen molar-refractivity contribution in [3.8, 4) is 5.88 Å². The van der Waals surface area contributed by atoms with Crippen LogP contribution < -0.4 is 9.84 Å². The lowest BCUT2D eigenvalue weighted by Crippen LogP contribution is -2.24. The van der Waals surface area contributed by atoms with Gasteiger partial charge in [0.15, 0.2) is 0 Å². The zero-order valence-electron chi connectivity index (χ0n) is 9.10. The summed E-state index contributed by atoms with van der Waals surface area (Å²) in [6.45, 7) is 4.13. The Balaban J connectivity index is 3.17. The first-order chi connectivity index (χ1) is 7.58. The Labute approximate surface area is 93.1 Å². The Morgan fingerprint density at radius 2 is 2.31 bits per heavy atom. The maximum atomic E-state index is 10.7. The molecule has 0 spiro atoms. The summed E-state index contributed by atoms with van der Waals surface area (Å²) in [5, 5.41) is 10.7. The van der Waals surface area contributed by atoms with E-state index in [1.54, 1.807) is 6.07 Å². The average Bonchev–Trinajstić information content (AvgIpc) is 2.28. The highest BCUT2D eigenvalue weighted by Gasteiger charge is 2.09. The van der Waals surface area contributed by atoms with Crippen molar-refractivity contribution in [2.24, 2.45) is 0 Å². The number of rotatable bonds is 5. The van der Waals surface area contributed by atoms with Crippen LogP contribution in [0.5, 0.6) is 5.88 Å². The monoisotopic (exact) mass is 222 g/mol. The molecule has 5 heteroatoms. The largest absolute Gasteiger partial charge is 0.543 e. The summed E-state index contributed by atoms with van der Waals surface area (Å²) in [7, 11) is 0. The fourth-order valence-electron chi connectivity index (χ4n) is 1.26. The minimum atomic E-state index is -1.39. The third-order valence-electron chi connectivity index (χ3n) is 2.38. The summed E-state index contributed by atoms with van der Waals surface area (Å²) in [4.78, 5) is 24.5. The lowest BCUT2D eigenvalue weighted by molar-refractivity contribution is -0.255. The van der Waals surface area contributed by atoms with Gasteiger partial charge in [-0.1, -0.05) is 13.8 Å². The first-order valence-corrected chi connectivity index (χ1v) is 4.92. The van der Waals surface area contributed by atoms with Gasteiger partial charge in [-0.25, -0.2) is 4.98 Å². The zero-order valence-corrected chi connectivity index (χ0v) is 9.10. The van der Waals surface area contributed by atoms with E-state index in [1.165, 1.54) is 6.07 Å². The second-order valence-electron chi connectivity index (χ2n) is 3.43. The van der Waals surface area contributed by atoms with E-state index in [0.717, 1.165) is 12.0 Å². The Bertz CT molecular complexity index is 403. The molecule has 0 saturated carbocycles. The fourth-order valence-corrected chi connectivity index (χ4v) is 1.26. The molecule has 5 nitrogen and oxygen atoms in total. The Hall–Kier alpha value is -1.91. The van der Waals surface area contributed by atoms with Crippen molar-refractivity contribution < 1.29 is 19.4 Å². The lowest BCUT2D eigenvalue weighted by Gasteiger charge is -2.12. The maximum absolute atomic E-state index is 10.7. The molecule has 1 heterocycles. The molecule has 1 rings (SSSR count). The number of carboxylic acid groups (broad SMARTS) is 1. The standard InChI is InChI=1S/C11H13NO4/c1-3-7(2)8-4-9(11(14)15)12-10(5-8)16-6-13/h4-7H,3H2,1-2H3,(H,14,15)/p-1. The van der Waals surface area contributed by atoms with Gasteiger partial charge in [0, 0.05) is 6.07 Å². The molecule has 86 valence electrons. The topological polar surface area (TPSA) is 79.3 Å². The van der Waals surface area contributed by atoms with Gasteiger partial charge in [-0.3, -0.25) is 4.79 Å². The molecule has 0 saturated heterocycles. The van der Waals surface area contributed by atoms with Gasteiger partial charge >= 0.3 is 0 Å². The van der Waals surface area contributed by atoms with Crippen LogP contribution in [-0.2, 0) is 4.79 Å². The number of pyridine rings is 1. The quantitative estimate of drug-likeness (QED) is 0.677. The molecule has 1 unspecified atom stereocenters. The summed E-state index contributed by atoms with van der Waals surface area (Å²) < 4.78 is 4.55. The lowest BCUT2D eigenvalue weighted by atomic mass is 9.99. The molecule has 0 aromatic carbocycles. The van der Waals surface area contributed by atoms with Crippen molar-refractivity contribution in [2.75, 3.05) is 0 Å². The number of carboxylic acids is 1. The number of carbonyl (C=O) groups is 2. The minimum absolute atomic E-state index is 0.0213. The Kier molecular flexibility index (Phi) is 3.99. The van der Waals surface area contributed by atoms with Crippen LogP contribution in [0.3, 0.4) is 0 Å². The summed E-state index contributed by atoms with van der Waals surface area (Å²) in [6, 6.07) is 2.98. The molecule has 1 aromatic rings. The predicted molar refractivity (Wildman–Crippen MR) is 54.0 cm³/mol. The van der Waals surface area contributed by atoms with Crippen molar-refractivity contribution >= 4 is 12.4 Å². The average molecular weight is 222 g/mol. The van der Waals surface area contributed by atoms with Crippen LogP contribution in [0.25, 0.3) is 0 Å². The van der Waals surface area contributed by atoms with Crippen molar-refractivity contribution in [1.82, 2.24) is 4.98 Å². The highest BCUT2D eigenvalue weighted by molar-refractivity contribution is 5.83. The number of nitrogens with zero attached hydrogens (tertiary/aromatic N) is 1. The van der Waals surface area contributed by atoms with Crippen LogP contribution in [0.1, 0.15) is 42.2 Å². The molecular formula is C11H12NO4-. The number of ether oxygens (including phenoxy) is 1. The smallest absolute Gasteiger partial charge is 0.299 e. The number of hydrogen-bond donors (Lipinski definition) is 0. The van der Waals surface area contributed by atoms with E-state index in [-0.39, 0.29) is 24.0 Å². The van der Waals surface area contributed by atoms with Crippen molar-refractivity contribution in [3.63, 3.8) is 0 Å². The van der Waals surface area contributed by atoms with E-state index in [0.29, 0.717) is 0 Å². The SMILES string of the molecule is CCC(C)c1cc(OC=O)nc(C(=O)[O-])c1. The molecular weight excluding hydrogens is 210 g/mol. The zero-order chi connectivity index (χ0) is 12.1. The number of carbonyl (C=O) groups excluding carboxylic acids is 2. The van der Waals surface area contributed by atoms with Crippen LogP contribution in [-0.4, -0.2) is 17.4 Å². The van der Waals surface area contributed by atoms with E-state index in [1.807, 2.05) is 13.8 Å². The van der Waals surface area contributed by atoms with Gasteiger partial charge in [0.2, 0.25) is 5.88 Å². The van der Waals surface area contributed by atoms with E-state index in [4.69, 9.17) is 0 Å². The normalized spacial score (nSPS) is 11.9. The van der Waals surface area contributed by atoms with Gasteiger partial charge in [0.25, 0.3) is 6.47 Å². The van der Waals surface area contributed by atoms with E-state index in [9.17, 15) is 14.7 Å². The maximum Gasteiger partial charge on any atom is 0.299 e. The molecule has 0 aliphatic heterocycles. The summed E-state index contributed by atoms with van der Waals surface area (Å²) in [6.07, 6.45) is 0.844. The minimum Gasteiger partial charge on any atom is -0.543 e. The molecule has 0 amide bonds. The van der Waals surface area contributed by atoms with Gasteiger partial charge in [-0.2, -0.15) is 0 Å². The second-order valence-corrected chi connectivity index (χ2v) is 3.43. The second kappa shape index (κ2) is 5.25. The molecule has 0 fully saturated rings. The van der Waals surface area contributed by atoms with Gasteiger partial charge in [0.05, 0.1) is 11.7 Å². The highest BCUT2D eigenvalue weighted by atomic mass is 16.5. The number of aromatic nitrogens is 1. The molecule has 1 aromatic heterocycles. The number of aromatic carboxylic acids is 1. The summed E-state index contributed by atoms with van der Waals surface area (Å²) in [5.41, 5.74) is 0.531. The van der Waals surface area contributed by atoms with Gasteiger partial charge in [0.1, 0.15) is 0 Å². The van der Waals surface area contributed by atoms with Crippen LogP contribution >= 0.6 is 0 Å². The van der Waals surface area contributed by atoms with E-state index in [2.05, 4.69) is 9.72 Å². The third kappa shape index (κ3) is 2.79. The van der Waals surface area contributed by atoms with Crippen LogP contribution in [0, 0.1) is 0 Å². The summed E-state index contributed by atoms with van der Waals surface area (Å²) in [5.74, 6) is -1.25. The number of hydrogen-bond acceptors (Lipinski definition) is 5. The van der Waals surface area contributed by atoms with Crippen LogP contribution in [0.2, 0.25) is 0 Å². The molecule has 1 atom stereocenters. The first-order valence-electron chi connectivity index (χ1n) is 4.92. The van der Waals surface area contributed by atoms with Crippen molar-refractivity contribution in [3.05, 3.63) is 23.4 Å². The first kappa shape index (κ1) is 12.2. The molecule has 0 N–H and O–H groups in total. The van der Waals surface area contributed by atoms with Gasteiger partial charge in [-0.05, 0) is 24.0 Å². The molecule has 0 aliphatic carbocycles. The van der Waals surface area contributed by atoms with E-state index < -0.39 is 5.97 Å². The Morgan fingerprint density at radius 3 is 2.81 bits per heavy atom. The molecule has 0 bridgehead atoms. The summed E-state index contributed by atoms with van der Waals surface area (Å²) >= 11 is 0. The molecule has 0 radical (unpaired) electrons. The molecule has 16 heavy (non-hydrogen) atoms.